The Morgan fingerprint density at radius 1 is 1.30 bits per heavy atom. The molecule has 1 aliphatic rings. The highest BCUT2D eigenvalue weighted by Gasteiger charge is 2.23. The molecular formula is C22H20N4O6S. The molecule has 1 aromatic heterocycles. The molecule has 1 atom stereocenters. The van der Waals surface area contributed by atoms with Crippen molar-refractivity contribution >= 4 is 34.0 Å². The number of rotatable bonds is 7. The van der Waals surface area contributed by atoms with E-state index in [1.54, 1.807) is 11.4 Å². The first-order valence-corrected chi connectivity index (χ1v) is 10.9. The van der Waals surface area contributed by atoms with E-state index in [0.717, 1.165) is 16.9 Å². The highest BCUT2D eigenvalue weighted by Crippen LogP contribution is 2.36. The van der Waals surface area contributed by atoms with Gasteiger partial charge < -0.3 is 14.8 Å². The maximum Gasteiger partial charge on any atom is 0.310 e. The number of amides is 2. The Morgan fingerprint density at radius 2 is 2.12 bits per heavy atom. The van der Waals surface area contributed by atoms with Crippen LogP contribution in [0, 0.1) is 10.1 Å². The van der Waals surface area contributed by atoms with Crippen LogP contribution in [-0.4, -0.2) is 34.9 Å². The first-order valence-electron chi connectivity index (χ1n) is 10.1. The molecule has 0 fully saturated rings. The van der Waals surface area contributed by atoms with Gasteiger partial charge in [-0.1, -0.05) is 12.1 Å². The van der Waals surface area contributed by atoms with E-state index in [1.807, 2.05) is 18.2 Å². The first kappa shape index (κ1) is 22.2. The maximum atomic E-state index is 12.3. The van der Waals surface area contributed by atoms with Gasteiger partial charge >= 0.3 is 5.69 Å². The summed E-state index contributed by atoms with van der Waals surface area (Å²) in [7, 11) is 0. The van der Waals surface area contributed by atoms with Crippen molar-refractivity contribution < 1.29 is 24.0 Å². The molecule has 0 aliphatic carbocycles. The molecule has 170 valence electrons. The average molecular weight is 468 g/mol. The average Bonchev–Trinajstić information content (AvgIpc) is 3.26. The van der Waals surface area contributed by atoms with Crippen LogP contribution in [0.1, 0.15) is 24.9 Å². The number of benzene rings is 2. The van der Waals surface area contributed by atoms with Crippen molar-refractivity contribution in [3.05, 3.63) is 63.5 Å². The smallest absolute Gasteiger partial charge is 0.310 e. The number of fused-ring (bicyclic) bond motifs is 1. The number of aromatic nitrogens is 1. The largest absolute Gasteiger partial charge is 0.493 e. The lowest BCUT2D eigenvalue weighted by Crippen LogP contribution is -2.30. The highest BCUT2D eigenvalue weighted by atomic mass is 32.1. The van der Waals surface area contributed by atoms with Gasteiger partial charge in [-0.25, -0.2) is 4.98 Å². The molecular weight excluding hydrogens is 448 g/mol. The predicted molar refractivity (Wildman–Crippen MR) is 121 cm³/mol. The molecule has 33 heavy (non-hydrogen) atoms. The molecule has 0 saturated carbocycles. The van der Waals surface area contributed by atoms with Crippen molar-refractivity contribution in [2.24, 2.45) is 0 Å². The fraction of sp³-hybridized carbons (Fsp3) is 0.227. The van der Waals surface area contributed by atoms with Crippen molar-refractivity contribution in [1.29, 1.82) is 0 Å². The Morgan fingerprint density at radius 3 is 2.91 bits per heavy atom. The van der Waals surface area contributed by atoms with Gasteiger partial charge in [0.2, 0.25) is 5.91 Å². The number of hydrogen-bond donors (Lipinski definition) is 2. The van der Waals surface area contributed by atoms with Crippen molar-refractivity contribution in [1.82, 2.24) is 10.3 Å². The van der Waals surface area contributed by atoms with Crippen LogP contribution >= 0.6 is 11.3 Å². The van der Waals surface area contributed by atoms with E-state index in [9.17, 15) is 19.7 Å². The summed E-state index contributed by atoms with van der Waals surface area (Å²) in [5, 5.41) is 18.8. The van der Waals surface area contributed by atoms with Gasteiger partial charge in [-0.05, 0) is 24.3 Å². The number of nitro groups is 1. The third-order valence-corrected chi connectivity index (χ3v) is 5.65. The van der Waals surface area contributed by atoms with Crippen molar-refractivity contribution in [2.75, 3.05) is 18.5 Å². The highest BCUT2D eigenvalue weighted by molar-refractivity contribution is 7.14. The van der Waals surface area contributed by atoms with Crippen LogP contribution in [0.5, 0.6) is 11.5 Å². The number of anilines is 1. The van der Waals surface area contributed by atoms with Crippen molar-refractivity contribution in [2.45, 2.75) is 19.4 Å². The van der Waals surface area contributed by atoms with E-state index in [2.05, 4.69) is 15.6 Å². The van der Waals surface area contributed by atoms with Gasteiger partial charge in [-0.2, -0.15) is 0 Å². The van der Waals surface area contributed by atoms with E-state index in [-0.39, 0.29) is 23.4 Å². The zero-order chi connectivity index (χ0) is 23.4. The topological polar surface area (TPSA) is 133 Å². The van der Waals surface area contributed by atoms with Crippen LogP contribution in [0.4, 0.5) is 10.8 Å². The first-order chi connectivity index (χ1) is 15.9. The molecule has 4 rings (SSSR count). The monoisotopic (exact) mass is 468 g/mol. The molecule has 0 bridgehead atoms. The van der Waals surface area contributed by atoms with Crippen molar-refractivity contribution in [3.8, 4) is 22.8 Å². The second kappa shape index (κ2) is 9.65. The SMILES string of the molecule is CC(=O)NC1CCOc2ccc(-c3csc(NC(=O)COc4ccccc4[N+](=O)[O-])n3)cc21. The number of para-hydroxylation sites is 2. The summed E-state index contributed by atoms with van der Waals surface area (Å²) < 4.78 is 11.0. The zero-order valence-electron chi connectivity index (χ0n) is 17.6. The molecule has 11 heteroatoms. The van der Waals surface area contributed by atoms with Crippen LogP contribution in [0.3, 0.4) is 0 Å². The minimum Gasteiger partial charge on any atom is -0.493 e. The molecule has 0 saturated heterocycles. The number of nitrogens with one attached hydrogen (secondary N) is 2. The van der Waals surface area contributed by atoms with Gasteiger partial charge in [0.15, 0.2) is 17.5 Å². The third kappa shape index (κ3) is 5.26. The Kier molecular flexibility index (Phi) is 6.50. The second-order valence-corrected chi connectivity index (χ2v) is 8.10. The fourth-order valence-corrected chi connectivity index (χ4v) is 4.18. The van der Waals surface area contributed by atoms with Gasteiger partial charge in [0.1, 0.15) is 5.75 Å². The van der Waals surface area contributed by atoms with Gasteiger partial charge in [0, 0.05) is 35.9 Å². The zero-order valence-corrected chi connectivity index (χ0v) is 18.4. The molecule has 1 aliphatic heterocycles. The lowest BCUT2D eigenvalue weighted by molar-refractivity contribution is -0.385. The van der Waals surface area contributed by atoms with E-state index < -0.39 is 17.4 Å². The molecule has 1 unspecified atom stereocenters. The standard InChI is InChI=1S/C22H20N4O6S/c1-13(27)23-16-8-9-31-19-7-6-14(10-15(16)19)17-12-33-22(24-17)25-21(28)11-32-20-5-3-2-4-18(20)26(29)30/h2-7,10,12,16H,8-9,11H2,1H3,(H,23,27)(H,24,25,28). The molecule has 2 amide bonds. The number of hydrogen-bond acceptors (Lipinski definition) is 8. The van der Waals surface area contributed by atoms with Gasteiger partial charge in [0.25, 0.3) is 5.91 Å². The van der Waals surface area contributed by atoms with E-state index in [1.165, 1.54) is 36.5 Å². The van der Waals surface area contributed by atoms with Gasteiger partial charge in [-0.15, -0.1) is 11.3 Å². The van der Waals surface area contributed by atoms with Crippen LogP contribution < -0.4 is 20.1 Å². The number of ether oxygens (including phenoxy) is 2. The molecule has 3 aromatic rings. The summed E-state index contributed by atoms with van der Waals surface area (Å²) in [6.45, 7) is 1.61. The van der Waals surface area contributed by atoms with E-state index in [0.29, 0.717) is 23.9 Å². The predicted octanol–water partition coefficient (Wildman–Crippen LogP) is 3.70. The second-order valence-electron chi connectivity index (χ2n) is 7.24. The normalized spacial score (nSPS) is 14.5. The van der Waals surface area contributed by atoms with E-state index in [4.69, 9.17) is 9.47 Å². The third-order valence-electron chi connectivity index (χ3n) is 4.89. The lowest BCUT2D eigenvalue weighted by atomic mass is 9.97. The maximum absolute atomic E-state index is 12.3. The number of carbonyl (C=O) groups is 2. The lowest BCUT2D eigenvalue weighted by Gasteiger charge is -2.26. The van der Waals surface area contributed by atoms with Crippen molar-refractivity contribution in [3.63, 3.8) is 0 Å². The minimum atomic E-state index is -0.569. The Bertz CT molecular complexity index is 1210. The number of carbonyl (C=O) groups excluding carboxylic acids is 2. The van der Waals surface area contributed by atoms with Crippen LogP contribution in [0.25, 0.3) is 11.3 Å². The summed E-state index contributed by atoms with van der Waals surface area (Å²) >= 11 is 1.24. The summed E-state index contributed by atoms with van der Waals surface area (Å²) in [6, 6.07) is 11.3. The molecule has 0 spiro atoms. The summed E-state index contributed by atoms with van der Waals surface area (Å²) in [5.74, 6) is 0.140. The van der Waals surface area contributed by atoms with E-state index >= 15 is 0 Å². The Labute approximate surface area is 192 Å². The van der Waals surface area contributed by atoms with Crippen LogP contribution in [0.15, 0.2) is 47.8 Å². The van der Waals surface area contributed by atoms with Gasteiger partial charge in [0.05, 0.1) is 23.3 Å². The molecule has 2 N–H and O–H groups in total. The summed E-state index contributed by atoms with van der Waals surface area (Å²) in [6.07, 6.45) is 0.675. The molecule has 2 aromatic carbocycles. The van der Waals surface area contributed by atoms with Crippen LogP contribution in [0.2, 0.25) is 0 Å². The molecule has 10 nitrogen and oxygen atoms in total. The molecule has 0 radical (unpaired) electrons. The Balaban J connectivity index is 1.43. The Hall–Kier alpha value is -3.99. The number of nitro benzene ring substituents is 1. The minimum absolute atomic E-state index is 0.0162. The quantitative estimate of drug-likeness (QED) is 0.399. The van der Waals surface area contributed by atoms with Gasteiger partial charge in [-0.3, -0.25) is 25.0 Å². The van der Waals surface area contributed by atoms with Crippen LogP contribution in [-0.2, 0) is 9.59 Å². The summed E-state index contributed by atoms with van der Waals surface area (Å²) in [5.41, 5.74) is 2.15. The fourth-order valence-electron chi connectivity index (χ4n) is 3.44. The number of nitrogens with zero attached hydrogens (tertiary/aromatic N) is 2. The summed E-state index contributed by atoms with van der Waals surface area (Å²) in [4.78, 5) is 38.7. The number of thiazole rings is 1. The molecule has 2 heterocycles.